The van der Waals surface area contributed by atoms with Crippen LogP contribution in [-0.4, -0.2) is 36.1 Å². The van der Waals surface area contributed by atoms with E-state index in [9.17, 15) is 4.79 Å². The molecule has 0 saturated carbocycles. The number of amides is 1. The van der Waals surface area contributed by atoms with Gasteiger partial charge in [0.25, 0.3) is 5.91 Å². The molecule has 2 aliphatic rings. The van der Waals surface area contributed by atoms with Crippen molar-refractivity contribution in [2.75, 3.05) is 13.2 Å². The molecule has 0 aliphatic carbocycles. The van der Waals surface area contributed by atoms with Crippen molar-refractivity contribution in [1.29, 1.82) is 0 Å². The van der Waals surface area contributed by atoms with Crippen LogP contribution >= 0.6 is 0 Å². The summed E-state index contributed by atoms with van der Waals surface area (Å²) in [5, 5.41) is 0. The van der Waals surface area contributed by atoms with Crippen molar-refractivity contribution in [1.82, 2.24) is 4.90 Å². The highest BCUT2D eigenvalue weighted by Crippen LogP contribution is 2.30. The minimum Gasteiger partial charge on any atom is -0.496 e. The van der Waals surface area contributed by atoms with Crippen molar-refractivity contribution in [2.45, 2.75) is 71.6 Å². The Labute approximate surface area is 163 Å². The Hall–Kier alpha value is -1.81. The highest BCUT2D eigenvalue weighted by atomic mass is 16.5. The van der Waals surface area contributed by atoms with Crippen molar-refractivity contribution in [3.8, 4) is 0 Å². The van der Waals surface area contributed by atoms with Crippen molar-refractivity contribution in [2.24, 2.45) is 5.92 Å². The molecule has 0 N–H and O–H groups in total. The van der Waals surface area contributed by atoms with Crippen LogP contribution in [0.3, 0.4) is 0 Å². The molecule has 0 aromatic heterocycles. The molecule has 3 rings (SSSR count). The molecule has 2 heterocycles. The van der Waals surface area contributed by atoms with E-state index in [4.69, 9.17) is 9.47 Å². The van der Waals surface area contributed by atoms with E-state index in [1.54, 1.807) is 0 Å². The first-order valence-corrected chi connectivity index (χ1v) is 10.1. The summed E-state index contributed by atoms with van der Waals surface area (Å²) in [4.78, 5) is 15.1. The lowest BCUT2D eigenvalue weighted by molar-refractivity contribution is -0.146. The third-order valence-electron chi connectivity index (χ3n) is 5.37. The molecular formula is C23H33NO3. The van der Waals surface area contributed by atoms with E-state index in [0.717, 1.165) is 24.2 Å². The summed E-state index contributed by atoms with van der Waals surface area (Å²) in [5.74, 6) is 1.46. The number of hydrogen-bond donors (Lipinski definition) is 0. The Morgan fingerprint density at radius 1 is 1.26 bits per heavy atom. The highest BCUT2D eigenvalue weighted by molar-refractivity contribution is 5.82. The third-order valence-corrected chi connectivity index (χ3v) is 5.37. The largest absolute Gasteiger partial charge is 0.496 e. The van der Waals surface area contributed by atoms with Gasteiger partial charge in [0.1, 0.15) is 11.9 Å². The lowest BCUT2D eigenvalue weighted by Crippen LogP contribution is -2.44. The fourth-order valence-electron chi connectivity index (χ4n) is 3.74. The van der Waals surface area contributed by atoms with Gasteiger partial charge in [-0.2, -0.15) is 0 Å². The van der Waals surface area contributed by atoms with E-state index in [-0.39, 0.29) is 17.4 Å². The van der Waals surface area contributed by atoms with Crippen LogP contribution in [0.1, 0.15) is 58.6 Å². The van der Waals surface area contributed by atoms with E-state index in [1.165, 1.54) is 5.56 Å². The zero-order chi connectivity index (χ0) is 19.6. The Morgan fingerprint density at radius 2 is 1.96 bits per heavy atom. The molecular weight excluding hydrogens is 338 g/mol. The van der Waals surface area contributed by atoms with Gasteiger partial charge in [0, 0.05) is 13.0 Å². The molecule has 1 fully saturated rings. The smallest absolute Gasteiger partial charge is 0.252 e. The first-order chi connectivity index (χ1) is 12.8. The predicted molar refractivity (Wildman–Crippen MR) is 107 cm³/mol. The summed E-state index contributed by atoms with van der Waals surface area (Å²) in [6, 6.07) is 8.65. The Morgan fingerprint density at radius 3 is 2.59 bits per heavy atom. The summed E-state index contributed by atoms with van der Waals surface area (Å²) in [6.07, 6.45) is 3.26. The third kappa shape index (κ3) is 4.73. The van der Waals surface area contributed by atoms with Crippen LogP contribution in [-0.2, 0) is 26.3 Å². The molecule has 148 valence electrons. The Balaban J connectivity index is 1.64. The van der Waals surface area contributed by atoms with Crippen molar-refractivity contribution in [3.63, 3.8) is 0 Å². The van der Waals surface area contributed by atoms with Crippen LogP contribution in [0.2, 0.25) is 0 Å². The normalized spacial score (nSPS) is 20.4. The minimum absolute atomic E-state index is 0.0942. The molecule has 2 atom stereocenters. The van der Waals surface area contributed by atoms with Gasteiger partial charge in [0.15, 0.2) is 0 Å². The number of nitrogens with zero attached hydrogens (tertiary/aromatic N) is 1. The van der Waals surface area contributed by atoms with Crippen molar-refractivity contribution < 1.29 is 14.3 Å². The maximum absolute atomic E-state index is 13.1. The highest BCUT2D eigenvalue weighted by Gasteiger charge is 2.38. The fourth-order valence-corrected chi connectivity index (χ4v) is 3.74. The van der Waals surface area contributed by atoms with E-state index in [0.29, 0.717) is 25.7 Å². The van der Waals surface area contributed by atoms with Gasteiger partial charge in [0.05, 0.1) is 19.3 Å². The average molecular weight is 372 g/mol. The first-order valence-electron chi connectivity index (χ1n) is 10.1. The maximum atomic E-state index is 13.1. The van der Waals surface area contributed by atoms with Crippen molar-refractivity contribution in [3.05, 3.63) is 47.2 Å². The SMILES string of the molecule is CC(C)CC(OCc1ccc(C(C)(C)C)cc1)C(=O)N1CC=C2OCCC21. The van der Waals surface area contributed by atoms with Crippen LogP contribution in [0.5, 0.6) is 0 Å². The van der Waals surface area contributed by atoms with Crippen LogP contribution in [0.15, 0.2) is 36.1 Å². The van der Waals surface area contributed by atoms with Crippen LogP contribution in [0.25, 0.3) is 0 Å². The summed E-state index contributed by atoms with van der Waals surface area (Å²) in [7, 11) is 0. The molecule has 1 aromatic rings. The lowest BCUT2D eigenvalue weighted by Gasteiger charge is -2.28. The van der Waals surface area contributed by atoms with Gasteiger partial charge in [-0.3, -0.25) is 4.79 Å². The zero-order valence-corrected chi connectivity index (χ0v) is 17.3. The zero-order valence-electron chi connectivity index (χ0n) is 17.3. The van der Waals surface area contributed by atoms with Crippen LogP contribution in [0.4, 0.5) is 0 Å². The number of hydrogen-bond acceptors (Lipinski definition) is 3. The van der Waals surface area contributed by atoms with Gasteiger partial charge in [-0.25, -0.2) is 0 Å². The molecule has 1 saturated heterocycles. The van der Waals surface area contributed by atoms with Gasteiger partial charge >= 0.3 is 0 Å². The second-order valence-electron chi connectivity index (χ2n) is 9.13. The monoisotopic (exact) mass is 371 g/mol. The average Bonchev–Trinajstić information content (AvgIpc) is 3.20. The molecule has 0 spiro atoms. The van der Waals surface area contributed by atoms with Gasteiger partial charge < -0.3 is 14.4 Å². The molecule has 1 aromatic carbocycles. The van der Waals surface area contributed by atoms with E-state index >= 15 is 0 Å². The number of carbonyl (C=O) groups is 1. The number of ether oxygens (including phenoxy) is 2. The Kier molecular flexibility index (Phi) is 5.95. The number of rotatable bonds is 6. The van der Waals surface area contributed by atoms with Crippen LogP contribution in [0, 0.1) is 5.92 Å². The second-order valence-corrected chi connectivity index (χ2v) is 9.13. The molecule has 27 heavy (non-hydrogen) atoms. The van der Waals surface area contributed by atoms with Gasteiger partial charge in [-0.05, 0) is 35.0 Å². The number of benzene rings is 1. The minimum atomic E-state index is -0.402. The van der Waals surface area contributed by atoms with Gasteiger partial charge in [-0.1, -0.05) is 58.9 Å². The molecule has 2 aliphatic heterocycles. The molecule has 4 heteroatoms. The van der Waals surface area contributed by atoms with E-state index in [1.807, 2.05) is 11.0 Å². The van der Waals surface area contributed by atoms with E-state index in [2.05, 4.69) is 58.9 Å². The molecule has 1 amide bonds. The quantitative estimate of drug-likeness (QED) is 0.742. The summed E-state index contributed by atoms with van der Waals surface area (Å²) in [5.41, 5.74) is 2.55. The molecule has 0 bridgehead atoms. The predicted octanol–water partition coefficient (Wildman–Crippen LogP) is 4.43. The standard InChI is InChI=1S/C23H33NO3/c1-16(2)14-21(22(25)24-12-10-20-19(24)11-13-26-20)27-15-17-6-8-18(9-7-17)23(3,4)5/h6-10,16,19,21H,11-15H2,1-5H3. The molecule has 0 radical (unpaired) electrons. The first kappa shape index (κ1) is 19.9. The van der Waals surface area contributed by atoms with Crippen molar-refractivity contribution >= 4 is 5.91 Å². The summed E-state index contributed by atoms with van der Waals surface area (Å²) < 4.78 is 11.7. The summed E-state index contributed by atoms with van der Waals surface area (Å²) >= 11 is 0. The second kappa shape index (κ2) is 8.05. The van der Waals surface area contributed by atoms with E-state index < -0.39 is 6.10 Å². The van der Waals surface area contributed by atoms with Gasteiger partial charge in [0.2, 0.25) is 0 Å². The van der Waals surface area contributed by atoms with Gasteiger partial charge in [-0.15, -0.1) is 0 Å². The lowest BCUT2D eigenvalue weighted by atomic mass is 9.87. The molecule has 4 nitrogen and oxygen atoms in total. The number of carbonyl (C=O) groups excluding carboxylic acids is 1. The number of fused-ring (bicyclic) bond motifs is 1. The Bertz CT molecular complexity index is 685. The van der Waals surface area contributed by atoms with Crippen LogP contribution < -0.4 is 0 Å². The molecule has 2 unspecified atom stereocenters. The fraction of sp³-hybridized carbons (Fsp3) is 0.609. The summed E-state index contributed by atoms with van der Waals surface area (Å²) in [6.45, 7) is 12.7. The topological polar surface area (TPSA) is 38.8 Å². The maximum Gasteiger partial charge on any atom is 0.252 e.